The first-order valence-electron chi connectivity index (χ1n) is 8.00. The average molecular weight is 314 g/mol. The number of anilines is 1. The van der Waals surface area contributed by atoms with Gasteiger partial charge in [0.25, 0.3) is 5.91 Å². The Morgan fingerprint density at radius 3 is 2.65 bits per heavy atom. The molecule has 1 atom stereocenters. The molecule has 0 unspecified atom stereocenters. The predicted octanol–water partition coefficient (Wildman–Crippen LogP) is 3.11. The molecule has 124 valence electrons. The molecule has 5 heteroatoms. The van der Waals surface area contributed by atoms with Crippen LogP contribution < -0.4 is 10.6 Å². The van der Waals surface area contributed by atoms with Gasteiger partial charge in [-0.25, -0.2) is 0 Å². The van der Waals surface area contributed by atoms with Crippen molar-refractivity contribution < 1.29 is 4.79 Å². The number of hydrogen-bond donors (Lipinski definition) is 2. The van der Waals surface area contributed by atoms with E-state index in [0.717, 1.165) is 16.8 Å². The number of nitrogens with one attached hydrogen (secondary N) is 2. The largest absolute Gasteiger partial charge is 0.382 e. The summed E-state index contributed by atoms with van der Waals surface area (Å²) < 4.78 is 1.73. The third kappa shape index (κ3) is 4.34. The topological polar surface area (TPSA) is 59.0 Å². The van der Waals surface area contributed by atoms with Gasteiger partial charge in [-0.05, 0) is 37.5 Å². The Hall–Kier alpha value is -2.30. The fraction of sp³-hybridized carbons (Fsp3) is 0.444. The molecule has 1 heterocycles. The van der Waals surface area contributed by atoms with E-state index >= 15 is 0 Å². The first-order chi connectivity index (χ1) is 10.9. The predicted molar refractivity (Wildman–Crippen MR) is 93.5 cm³/mol. The van der Waals surface area contributed by atoms with Crippen molar-refractivity contribution in [1.29, 1.82) is 0 Å². The number of benzene rings is 1. The lowest BCUT2D eigenvalue weighted by Crippen LogP contribution is -2.25. The molecule has 2 rings (SSSR count). The van der Waals surface area contributed by atoms with Gasteiger partial charge in [0, 0.05) is 42.6 Å². The van der Waals surface area contributed by atoms with E-state index in [1.54, 1.807) is 10.9 Å². The molecule has 0 bridgehead atoms. The van der Waals surface area contributed by atoms with E-state index in [-0.39, 0.29) is 5.91 Å². The SMILES string of the molecule is Cc1c(N[C@@H](C)C(C)C)cccc1C(=O)NCc1cnn(C)c1. The highest BCUT2D eigenvalue weighted by Crippen LogP contribution is 2.21. The van der Waals surface area contributed by atoms with Crippen LogP contribution in [0.15, 0.2) is 30.6 Å². The van der Waals surface area contributed by atoms with E-state index in [9.17, 15) is 4.79 Å². The van der Waals surface area contributed by atoms with Crippen molar-refractivity contribution in [1.82, 2.24) is 15.1 Å². The molecule has 2 aromatic rings. The third-order valence-corrected chi connectivity index (χ3v) is 4.17. The average Bonchev–Trinajstić information content (AvgIpc) is 2.92. The standard InChI is InChI=1S/C18H26N4O/c1-12(2)14(4)21-17-8-6-7-16(13(17)3)18(23)19-9-15-10-20-22(5)11-15/h6-8,10-12,14,21H,9H2,1-5H3,(H,19,23)/t14-/m0/s1. The van der Waals surface area contributed by atoms with Crippen molar-refractivity contribution in [3.63, 3.8) is 0 Å². The molecule has 0 saturated carbocycles. The molecule has 0 fully saturated rings. The van der Waals surface area contributed by atoms with Crippen LogP contribution in [0.2, 0.25) is 0 Å². The Morgan fingerprint density at radius 2 is 2.04 bits per heavy atom. The molecule has 2 N–H and O–H groups in total. The summed E-state index contributed by atoms with van der Waals surface area (Å²) in [6.07, 6.45) is 3.66. The number of nitrogens with zero attached hydrogens (tertiary/aromatic N) is 2. The molecule has 0 spiro atoms. The van der Waals surface area contributed by atoms with Crippen molar-refractivity contribution in [2.45, 2.75) is 40.3 Å². The minimum absolute atomic E-state index is 0.0628. The van der Waals surface area contributed by atoms with Crippen LogP contribution in [0.25, 0.3) is 0 Å². The van der Waals surface area contributed by atoms with Gasteiger partial charge >= 0.3 is 0 Å². The second-order valence-electron chi connectivity index (χ2n) is 6.36. The molecule has 0 saturated heterocycles. The number of aryl methyl sites for hydroxylation is 1. The van der Waals surface area contributed by atoms with E-state index in [2.05, 4.69) is 36.5 Å². The van der Waals surface area contributed by atoms with Crippen LogP contribution in [0.5, 0.6) is 0 Å². The zero-order chi connectivity index (χ0) is 17.0. The molecule has 1 aromatic heterocycles. The molecule has 5 nitrogen and oxygen atoms in total. The van der Waals surface area contributed by atoms with Crippen molar-refractivity contribution in [2.75, 3.05) is 5.32 Å². The van der Waals surface area contributed by atoms with E-state index in [1.807, 2.05) is 38.4 Å². The molecule has 1 amide bonds. The zero-order valence-electron chi connectivity index (χ0n) is 14.6. The van der Waals surface area contributed by atoms with E-state index in [4.69, 9.17) is 0 Å². The zero-order valence-corrected chi connectivity index (χ0v) is 14.6. The minimum atomic E-state index is -0.0628. The summed E-state index contributed by atoms with van der Waals surface area (Å²) in [5.74, 6) is 0.463. The molecule has 0 radical (unpaired) electrons. The highest BCUT2D eigenvalue weighted by Gasteiger charge is 2.14. The molecule has 23 heavy (non-hydrogen) atoms. The van der Waals surface area contributed by atoms with Crippen LogP contribution >= 0.6 is 0 Å². The van der Waals surface area contributed by atoms with Gasteiger partial charge in [-0.1, -0.05) is 19.9 Å². The maximum absolute atomic E-state index is 12.5. The fourth-order valence-corrected chi connectivity index (χ4v) is 2.29. The minimum Gasteiger partial charge on any atom is -0.382 e. The van der Waals surface area contributed by atoms with Gasteiger partial charge in [0.1, 0.15) is 0 Å². The Morgan fingerprint density at radius 1 is 1.30 bits per heavy atom. The van der Waals surface area contributed by atoms with Crippen LogP contribution in [-0.4, -0.2) is 21.7 Å². The van der Waals surface area contributed by atoms with Gasteiger partial charge in [0.15, 0.2) is 0 Å². The maximum atomic E-state index is 12.5. The first-order valence-corrected chi connectivity index (χ1v) is 8.00. The molecule has 0 aliphatic carbocycles. The Bertz CT molecular complexity index is 675. The molecule has 0 aliphatic rings. The monoisotopic (exact) mass is 314 g/mol. The van der Waals surface area contributed by atoms with Crippen LogP contribution in [0, 0.1) is 12.8 Å². The van der Waals surface area contributed by atoms with Crippen molar-refractivity contribution in [2.24, 2.45) is 13.0 Å². The van der Waals surface area contributed by atoms with Crippen molar-refractivity contribution >= 4 is 11.6 Å². The van der Waals surface area contributed by atoms with Crippen molar-refractivity contribution in [3.8, 4) is 0 Å². The summed E-state index contributed by atoms with van der Waals surface area (Å²) in [6, 6.07) is 6.15. The first kappa shape index (κ1) is 17.1. The number of rotatable bonds is 6. The molecular weight excluding hydrogens is 288 g/mol. The summed E-state index contributed by atoms with van der Waals surface area (Å²) in [7, 11) is 1.86. The van der Waals surface area contributed by atoms with Crippen LogP contribution in [0.1, 0.15) is 42.3 Å². The normalized spacial score (nSPS) is 12.3. The van der Waals surface area contributed by atoms with Crippen LogP contribution in [0.3, 0.4) is 0 Å². The van der Waals surface area contributed by atoms with Gasteiger partial charge in [-0.2, -0.15) is 5.10 Å². The third-order valence-electron chi connectivity index (χ3n) is 4.17. The lowest BCUT2D eigenvalue weighted by Gasteiger charge is -2.21. The Balaban J connectivity index is 2.08. The van der Waals surface area contributed by atoms with Crippen LogP contribution in [-0.2, 0) is 13.6 Å². The summed E-state index contributed by atoms with van der Waals surface area (Å²) in [5.41, 5.74) is 3.68. The molecule has 0 aliphatic heterocycles. The molecule has 1 aromatic carbocycles. The number of carbonyl (C=O) groups excluding carboxylic acids is 1. The number of carbonyl (C=O) groups is 1. The summed E-state index contributed by atoms with van der Waals surface area (Å²) in [6.45, 7) is 8.97. The second-order valence-corrected chi connectivity index (χ2v) is 6.36. The second kappa shape index (κ2) is 7.31. The van der Waals surface area contributed by atoms with E-state index in [0.29, 0.717) is 24.1 Å². The Kier molecular flexibility index (Phi) is 5.42. The lowest BCUT2D eigenvalue weighted by molar-refractivity contribution is 0.0950. The highest BCUT2D eigenvalue weighted by atomic mass is 16.1. The van der Waals surface area contributed by atoms with Crippen LogP contribution in [0.4, 0.5) is 5.69 Å². The number of amides is 1. The van der Waals surface area contributed by atoms with E-state index < -0.39 is 0 Å². The highest BCUT2D eigenvalue weighted by molar-refractivity contribution is 5.97. The van der Waals surface area contributed by atoms with Crippen molar-refractivity contribution in [3.05, 3.63) is 47.3 Å². The van der Waals surface area contributed by atoms with E-state index in [1.165, 1.54) is 0 Å². The maximum Gasteiger partial charge on any atom is 0.251 e. The van der Waals surface area contributed by atoms with Gasteiger partial charge in [-0.3, -0.25) is 9.48 Å². The van der Waals surface area contributed by atoms with Gasteiger partial charge in [-0.15, -0.1) is 0 Å². The quantitative estimate of drug-likeness (QED) is 0.861. The fourth-order valence-electron chi connectivity index (χ4n) is 2.29. The number of hydrogen-bond acceptors (Lipinski definition) is 3. The lowest BCUT2D eigenvalue weighted by atomic mass is 10.0. The van der Waals surface area contributed by atoms with Gasteiger partial charge in [0.2, 0.25) is 0 Å². The Labute approximate surface area is 138 Å². The summed E-state index contributed by atoms with van der Waals surface area (Å²) in [4.78, 5) is 12.5. The smallest absolute Gasteiger partial charge is 0.251 e. The summed E-state index contributed by atoms with van der Waals surface area (Å²) >= 11 is 0. The van der Waals surface area contributed by atoms with Gasteiger partial charge < -0.3 is 10.6 Å². The summed E-state index contributed by atoms with van der Waals surface area (Å²) in [5, 5.41) is 10.5. The number of aromatic nitrogens is 2. The van der Waals surface area contributed by atoms with Gasteiger partial charge in [0.05, 0.1) is 6.20 Å². The molecular formula is C18H26N4O.